The lowest BCUT2D eigenvalue weighted by Crippen LogP contribution is -2.60. The van der Waals surface area contributed by atoms with Crippen LogP contribution in [0.4, 0.5) is 0 Å². The number of carbonyl (C=O) groups excluding carboxylic acids is 1. The van der Waals surface area contributed by atoms with Gasteiger partial charge >= 0.3 is 0 Å². The van der Waals surface area contributed by atoms with Gasteiger partial charge < -0.3 is 40.3 Å². The zero-order valence-electron chi connectivity index (χ0n) is 36.9. The predicted octanol–water partition coefficient (Wildman–Crippen LogP) is 10.3. The topological polar surface area (TPSA) is 149 Å². The van der Waals surface area contributed by atoms with Gasteiger partial charge in [-0.3, -0.25) is 4.79 Å². The van der Waals surface area contributed by atoms with Crippen LogP contribution in [0.2, 0.25) is 0 Å². The summed E-state index contributed by atoms with van der Waals surface area (Å²) < 4.78 is 11.2. The standard InChI is InChI=1S/C48H91NO8/c1-3-5-7-9-11-13-15-17-18-19-20-21-22-23-24-26-28-30-32-34-36-38-44(52)49-41(40-56-48-47(55)46(54)45(53)43(39-50)57-48)42(51)37-35-33-31-29-27-25-16-14-12-10-8-6-4-2/h29,31,35,37,41-43,45-48,50-51,53-55H,3-28,30,32-34,36,38-40H2,1-2H3,(H,49,52). The number of aliphatic hydroxyl groups excluding tert-OH is 5. The Morgan fingerprint density at radius 1 is 0.596 bits per heavy atom. The van der Waals surface area contributed by atoms with E-state index in [0.29, 0.717) is 12.8 Å². The Labute approximate surface area is 349 Å². The molecule has 1 amide bonds. The lowest BCUT2D eigenvalue weighted by atomic mass is 9.99. The summed E-state index contributed by atoms with van der Waals surface area (Å²) in [5, 5.41) is 54.1. The molecule has 0 saturated carbocycles. The van der Waals surface area contributed by atoms with E-state index in [1.165, 1.54) is 167 Å². The van der Waals surface area contributed by atoms with Gasteiger partial charge in [-0.25, -0.2) is 0 Å². The number of unbranched alkanes of at least 4 members (excludes halogenated alkanes) is 28. The molecule has 1 heterocycles. The lowest BCUT2D eigenvalue weighted by Gasteiger charge is -2.40. The monoisotopic (exact) mass is 810 g/mol. The molecule has 0 bridgehead atoms. The van der Waals surface area contributed by atoms with E-state index in [4.69, 9.17) is 9.47 Å². The van der Waals surface area contributed by atoms with E-state index in [-0.39, 0.29) is 12.5 Å². The minimum absolute atomic E-state index is 0.187. The molecule has 0 aromatic heterocycles. The molecule has 1 saturated heterocycles. The van der Waals surface area contributed by atoms with Gasteiger partial charge in [-0.1, -0.05) is 212 Å². The van der Waals surface area contributed by atoms with Crippen LogP contribution in [-0.4, -0.2) is 87.5 Å². The van der Waals surface area contributed by atoms with E-state index in [1.54, 1.807) is 6.08 Å². The zero-order valence-corrected chi connectivity index (χ0v) is 36.9. The van der Waals surface area contributed by atoms with Crippen molar-refractivity contribution in [2.75, 3.05) is 13.2 Å². The molecule has 0 radical (unpaired) electrons. The first-order valence-electron chi connectivity index (χ1n) is 24.1. The van der Waals surface area contributed by atoms with Crippen LogP contribution in [0.3, 0.4) is 0 Å². The number of hydrogen-bond acceptors (Lipinski definition) is 8. The van der Waals surface area contributed by atoms with Crippen molar-refractivity contribution in [3.63, 3.8) is 0 Å². The summed E-state index contributed by atoms with van der Waals surface area (Å²) in [7, 11) is 0. The molecule has 7 unspecified atom stereocenters. The number of amides is 1. The van der Waals surface area contributed by atoms with Crippen molar-refractivity contribution in [3.8, 4) is 0 Å². The van der Waals surface area contributed by atoms with Crippen LogP contribution in [0, 0.1) is 0 Å². The van der Waals surface area contributed by atoms with Gasteiger partial charge in [0, 0.05) is 6.42 Å². The maximum Gasteiger partial charge on any atom is 0.220 e. The number of rotatable bonds is 40. The first kappa shape index (κ1) is 53.7. The van der Waals surface area contributed by atoms with Gasteiger partial charge in [0.25, 0.3) is 0 Å². The smallest absolute Gasteiger partial charge is 0.220 e. The van der Waals surface area contributed by atoms with Gasteiger partial charge in [-0.15, -0.1) is 0 Å². The molecular weight excluding hydrogens is 719 g/mol. The fourth-order valence-electron chi connectivity index (χ4n) is 7.67. The quantitative estimate of drug-likeness (QED) is 0.0265. The highest BCUT2D eigenvalue weighted by Gasteiger charge is 2.44. The molecule has 1 aliphatic heterocycles. The van der Waals surface area contributed by atoms with Gasteiger partial charge in [0.2, 0.25) is 5.91 Å². The summed E-state index contributed by atoms with van der Waals surface area (Å²) in [4.78, 5) is 13.0. The van der Waals surface area contributed by atoms with Crippen LogP contribution in [0.15, 0.2) is 24.3 Å². The Morgan fingerprint density at radius 2 is 1.04 bits per heavy atom. The summed E-state index contributed by atoms with van der Waals surface area (Å²) in [6.07, 6.45) is 39.5. The molecule has 1 aliphatic rings. The summed E-state index contributed by atoms with van der Waals surface area (Å²) in [6.45, 7) is 3.75. The molecule has 0 aromatic rings. The van der Waals surface area contributed by atoms with Crippen LogP contribution in [0.5, 0.6) is 0 Å². The number of aliphatic hydroxyl groups is 5. The van der Waals surface area contributed by atoms with Crippen molar-refractivity contribution < 1.29 is 39.8 Å². The second-order valence-electron chi connectivity index (χ2n) is 16.9. The molecule has 336 valence electrons. The van der Waals surface area contributed by atoms with E-state index in [2.05, 4.69) is 31.3 Å². The Bertz CT molecular complexity index is 945. The molecule has 57 heavy (non-hydrogen) atoms. The highest BCUT2D eigenvalue weighted by molar-refractivity contribution is 5.76. The van der Waals surface area contributed by atoms with Gasteiger partial charge in [0.05, 0.1) is 25.4 Å². The maximum absolute atomic E-state index is 13.0. The van der Waals surface area contributed by atoms with E-state index in [1.807, 2.05) is 6.08 Å². The zero-order chi connectivity index (χ0) is 41.6. The Kier molecular flexibility index (Phi) is 36.6. The van der Waals surface area contributed by atoms with Crippen molar-refractivity contribution >= 4 is 5.91 Å². The molecule has 9 nitrogen and oxygen atoms in total. The lowest BCUT2D eigenvalue weighted by molar-refractivity contribution is -0.302. The van der Waals surface area contributed by atoms with E-state index in [0.717, 1.165) is 25.7 Å². The average molecular weight is 810 g/mol. The molecule has 1 fully saturated rings. The number of ether oxygens (including phenoxy) is 2. The van der Waals surface area contributed by atoms with Crippen molar-refractivity contribution in [3.05, 3.63) is 24.3 Å². The highest BCUT2D eigenvalue weighted by atomic mass is 16.7. The second-order valence-corrected chi connectivity index (χ2v) is 16.9. The van der Waals surface area contributed by atoms with E-state index in [9.17, 15) is 30.3 Å². The Morgan fingerprint density at radius 3 is 1.49 bits per heavy atom. The minimum Gasteiger partial charge on any atom is -0.394 e. The minimum atomic E-state index is -1.57. The van der Waals surface area contributed by atoms with E-state index >= 15 is 0 Å². The van der Waals surface area contributed by atoms with Gasteiger partial charge in [0.15, 0.2) is 6.29 Å². The Hall–Kier alpha value is -1.33. The highest BCUT2D eigenvalue weighted by Crippen LogP contribution is 2.23. The third-order valence-electron chi connectivity index (χ3n) is 11.6. The van der Waals surface area contributed by atoms with Crippen LogP contribution in [0.1, 0.15) is 219 Å². The van der Waals surface area contributed by atoms with Crippen molar-refractivity contribution in [2.24, 2.45) is 0 Å². The fraction of sp³-hybridized carbons (Fsp3) is 0.896. The van der Waals surface area contributed by atoms with Crippen LogP contribution < -0.4 is 5.32 Å². The molecular formula is C48H91NO8. The summed E-state index contributed by atoms with van der Waals surface area (Å²) in [6, 6.07) is -0.822. The van der Waals surface area contributed by atoms with Crippen LogP contribution in [-0.2, 0) is 14.3 Å². The van der Waals surface area contributed by atoms with Crippen molar-refractivity contribution in [1.29, 1.82) is 0 Å². The summed E-state index contributed by atoms with van der Waals surface area (Å²) in [5.74, 6) is -0.187. The number of carbonyl (C=O) groups is 1. The van der Waals surface area contributed by atoms with Crippen molar-refractivity contribution in [1.82, 2.24) is 5.32 Å². The van der Waals surface area contributed by atoms with Gasteiger partial charge in [-0.2, -0.15) is 0 Å². The third kappa shape index (κ3) is 29.5. The van der Waals surface area contributed by atoms with Gasteiger partial charge in [-0.05, 0) is 25.7 Å². The van der Waals surface area contributed by atoms with Crippen LogP contribution in [0.25, 0.3) is 0 Å². The first-order chi connectivity index (χ1) is 27.8. The molecule has 7 atom stereocenters. The summed E-state index contributed by atoms with van der Waals surface area (Å²) in [5.41, 5.74) is 0. The number of nitrogens with one attached hydrogen (secondary N) is 1. The van der Waals surface area contributed by atoms with Crippen molar-refractivity contribution in [2.45, 2.75) is 262 Å². The predicted molar refractivity (Wildman–Crippen MR) is 235 cm³/mol. The van der Waals surface area contributed by atoms with E-state index < -0.39 is 49.5 Å². The Balaban J connectivity index is 2.30. The molecule has 6 N–H and O–H groups in total. The SMILES string of the molecule is CCCCCCCCCCC=CCC=CC(O)C(COC1OC(CO)C(O)C(O)C1O)NC(=O)CCCCCCCCCCCCCCCCCCCCCCC. The first-order valence-corrected chi connectivity index (χ1v) is 24.1. The molecule has 0 aromatic carbocycles. The molecule has 0 spiro atoms. The summed E-state index contributed by atoms with van der Waals surface area (Å²) >= 11 is 0. The second kappa shape index (κ2) is 38.8. The maximum atomic E-state index is 13.0. The average Bonchev–Trinajstić information content (AvgIpc) is 3.21. The molecule has 9 heteroatoms. The number of hydrogen-bond donors (Lipinski definition) is 6. The molecule has 1 rings (SSSR count). The number of allylic oxidation sites excluding steroid dienone is 3. The molecule has 0 aliphatic carbocycles. The third-order valence-corrected chi connectivity index (χ3v) is 11.6. The van der Waals surface area contributed by atoms with Crippen LogP contribution >= 0.6 is 0 Å². The van der Waals surface area contributed by atoms with Gasteiger partial charge in [0.1, 0.15) is 24.4 Å². The largest absolute Gasteiger partial charge is 0.394 e. The fourth-order valence-corrected chi connectivity index (χ4v) is 7.67. The normalized spacial score (nSPS) is 21.1.